The fraction of sp³-hybridized carbons (Fsp3) is 0.300. The summed E-state index contributed by atoms with van der Waals surface area (Å²) in [5, 5.41) is 9.76. The van der Waals surface area contributed by atoms with Crippen molar-refractivity contribution in [1.29, 1.82) is 0 Å². The molecule has 0 aromatic heterocycles. The van der Waals surface area contributed by atoms with Crippen LogP contribution in [-0.2, 0) is 22.6 Å². The molecule has 7 nitrogen and oxygen atoms in total. The summed E-state index contributed by atoms with van der Waals surface area (Å²) < 4.78 is 5.13. The van der Waals surface area contributed by atoms with Gasteiger partial charge in [0.05, 0.1) is 19.3 Å². The summed E-state index contributed by atoms with van der Waals surface area (Å²) in [5.74, 6) is 0.0166. The van der Waals surface area contributed by atoms with Crippen LogP contribution >= 0.6 is 0 Å². The van der Waals surface area contributed by atoms with Gasteiger partial charge in [0.2, 0.25) is 0 Å². The standard InChI is InChI=1S/C20H20N4O3/c1-3-13-4-6-14(7-5-13)12-23-18-17(21-22-23)19(25)24(20(18)26)15-8-10-16(27-2)11-9-15/h4-11,17-18H,3,12H2,1-2H3. The van der Waals surface area contributed by atoms with Crippen LogP contribution in [0.5, 0.6) is 5.75 Å². The van der Waals surface area contributed by atoms with E-state index in [9.17, 15) is 9.59 Å². The highest BCUT2D eigenvalue weighted by Crippen LogP contribution is 2.33. The monoisotopic (exact) mass is 364 g/mol. The van der Waals surface area contributed by atoms with Gasteiger partial charge in [0.25, 0.3) is 11.8 Å². The van der Waals surface area contributed by atoms with Gasteiger partial charge in [0.1, 0.15) is 5.75 Å². The van der Waals surface area contributed by atoms with Crippen molar-refractivity contribution in [1.82, 2.24) is 5.01 Å². The van der Waals surface area contributed by atoms with Gasteiger partial charge in [-0.25, -0.2) is 4.90 Å². The Hall–Kier alpha value is -3.22. The molecule has 0 radical (unpaired) electrons. The molecule has 2 amide bonds. The molecule has 2 aliphatic rings. The second-order valence-electron chi connectivity index (χ2n) is 6.57. The van der Waals surface area contributed by atoms with E-state index in [-0.39, 0.29) is 11.8 Å². The van der Waals surface area contributed by atoms with Crippen LogP contribution in [0, 0.1) is 0 Å². The minimum atomic E-state index is -0.783. The lowest BCUT2D eigenvalue weighted by Crippen LogP contribution is -2.39. The molecule has 2 unspecified atom stereocenters. The van der Waals surface area contributed by atoms with Crippen molar-refractivity contribution in [2.45, 2.75) is 32.0 Å². The lowest BCUT2D eigenvalue weighted by molar-refractivity contribution is -0.123. The van der Waals surface area contributed by atoms with Gasteiger partial charge < -0.3 is 4.74 Å². The molecule has 7 heteroatoms. The van der Waals surface area contributed by atoms with Gasteiger partial charge in [-0.15, -0.1) is 0 Å². The second kappa shape index (κ2) is 6.83. The van der Waals surface area contributed by atoms with Crippen LogP contribution in [0.15, 0.2) is 58.9 Å². The molecule has 4 rings (SSSR count). The number of aryl methyl sites for hydroxylation is 1. The first-order chi connectivity index (χ1) is 13.1. The molecule has 1 fully saturated rings. The first kappa shape index (κ1) is 17.2. The summed E-state index contributed by atoms with van der Waals surface area (Å²) in [7, 11) is 1.57. The van der Waals surface area contributed by atoms with Crippen molar-refractivity contribution in [3.63, 3.8) is 0 Å². The van der Waals surface area contributed by atoms with Gasteiger partial charge in [-0.2, -0.15) is 5.11 Å². The zero-order chi connectivity index (χ0) is 19.0. The zero-order valence-electron chi connectivity index (χ0n) is 15.2. The van der Waals surface area contributed by atoms with Crippen LogP contribution in [-0.4, -0.2) is 36.0 Å². The predicted octanol–water partition coefficient (Wildman–Crippen LogP) is 2.75. The molecule has 0 aliphatic carbocycles. The van der Waals surface area contributed by atoms with E-state index in [1.807, 2.05) is 12.1 Å². The molecular weight excluding hydrogens is 344 g/mol. The van der Waals surface area contributed by atoms with Gasteiger partial charge in [-0.1, -0.05) is 36.4 Å². The molecule has 138 valence electrons. The van der Waals surface area contributed by atoms with Crippen molar-refractivity contribution in [3.05, 3.63) is 59.7 Å². The van der Waals surface area contributed by atoms with Gasteiger partial charge >= 0.3 is 0 Å². The van der Waals surface area contributed by atoms with E-state index in [2.05, 4.69) is 29.4 Å². The topological polar surface area (TPSA) is 74.6 Å². The summed E-state index contributed by atoms with van der Waals surface area (Å²) in [6.07, 6.45) is 0.970. The van der Waals surface area contributed by atoms with E-state index < -0.39 is 12.1 Å². The highest BCUT2D eigenvalue weighted by atomic mass is 16.5. The number of carbonyl (C=O) groups excluding carboxylic acids is 2. The average molecular weight is 364 g/mol. The third kappa shape index (κ3) is 2.95. The molecule has 2 aromatic rings. The maximum Gasteiger partial charge on any atom is 0.263 e. The number of ether oxygens (including phenoxy) is 1. The Kier molecular flexibility index (Phi) is 4.35. The number of rotatable bonds is 5. The van der Waals surface area contributed by atoms with Crippen molar-refractivity contribution in [3.8, 4) is 5.75 Å². The summed E-state index contributed by atoms with van der Waals surface area (Å²) in [4.78, 5) is 26.9. The molecule has 2 atom stereocenters. The molecule has 2 aromatic carbocycles. The molecule has 0 spiro atoms. The maximum atomic E-state index is 13.0. The minimum Gasteiger partial charge on any atom is -0.497 e. The van der Waals surface area contributed by atoms with Gasteiger partial charge in [0.15, 0.2) is 12.1 Å². The van der Waals surface area contributed by atoms with E-state index in [1.54, 1.807) is 36.4 Å². The first-order valence-electron chi connectivity index (χ1n) is 8.89. The molecule has 2 heterocycles. The number of hydrogen-bond donors (Lipinski definition) is 0. The van der Waals surface area contributed by atoms with Crippen molar-refractivity contribution >= 4 is 17.5 Å². The Morgan fingerprint density at radius 3 is 2.26 bits per heavy atom. The van der Waals surface area contributed by atoms with Crippen LogP contribution in [0.4, 0.5) is 5.69 Å². The SMILES string of the molecule is CCc1ccc(CN2N=NC3C(=O)N(c4ccc(OC)cc4)C(=O)C32)cc1. The Labute approximate surface area is 157 Å². The van der Waals surface area contributed by atoms with Crippen LogP contribution in [0.2, 0.25) is 0 Å². The van der Waals surface area contributed by atoms with Crippen LogP contribution < -0.4 is 9.64 Å². The largest absolute Gasteiger partial charge is 0.497 e. The number of fused-ring (bicyclic) bond motifs is 1. The second-order valence-corrected chi connectivity index (χ2v) is 6.57. The fourth-order valence-corrected chi connectivity index (χ4v) is 3.41. The van der Waals surface area contributed by atoms with Gasteiger partial charge in [-0.05, 0) is 41.8 Å². The number of methoxy groups -OCH3 is 1. The van der Waals surface area contributed by atoms with E-state index >= 15 is 0 Å². The van der Waals surface area contributed by atoms with E-state index in [1.165, 1.54) is 10.5 Å². The molecule has 27 heavy (non-hydrogen) atoms. The van der Waals surface area contributed by atoms with Crippen molar-refractivity contribution in [2.75, 3.05) is 12.0 Å². The molecule has 2 aliphatic heterocycles. The third-order valence-corrected chi connectivity index (χ3v) is 4.96. The number of amides is 2. The first-order valence-corrected chi connectivity index (χ1v) is 8.89. The van der Waals surface area contributed by atoms with E-state index in [4.69, 9.17) is 4.74 Å². The fourth-order valence-electron chi connectivity index (χ4n) is 3.41. The summed E-state index contributed by atoms with van der Waals surface area (Å²) in [6.45, 7) is 2.54. The Morgan fingerprint density at radius 2 is 1.63 bits per heavy atom. The van der Waals surface area contributed by atoms with Gasteiger partial charge in [-0.3, -0.25) is 14.6 Å². The Morgan fingerprint density at radius 1 is 0.963 bits per heavy atom. The summed E-state index contributed by atoms with van der Waals surface area (Å²) in [5.41, 5.74) is 2.79. The van der Waals surface area contributed by atoms with E-state index in [0.717, 1.165) is 12.0 Å². The highest BCUT2D eigenvalue weighted by Gasteiger charge is 2.54. The summed E-state index contributed by atoms with van der Waals surface area (Å²) in [6, 6.07) is 13.5. The molecule has 0 saturated carbocycles. The van der Waals surface area contributed by atoms with Crippen molar-refractivity contribution < 1.29 is 14.3 Å². The lowest BCUT2D eigenvalue weighted by atomic mass is 10.1. The van der Waals surface area contributed by atoms with E-state index in [0.29, 0.717) is 18.0 Å². The molecular formula is C20H20N4O3. The number of carbonyl (C=O) groups is 2. The normalized spacial score (nSPS) is 21.1. The lowest BCUT2D eigenvalue weighted by Gasteiger charge is -2.20. The average Bonchev–Trinajstić information content (AvgIpc) is 3.22. The summed E-state index contributed by atoms with van der Waals surface area (Å²) >= 11 is 0. The molecule has 0 bridgehead atoms. The van der Waals surface area contributed by atoms with Crippen molar-refractivity contribution in [2.24, 2.45) is 10.3 Å². The maximum absolute atomic E-state index is 13.0. The smallest absolute Gasteiger partial charge is 0.263 e. The predicted molar refractivity (Wildman–Crippen MR) is 99.3 cm³/mol. The zero-order valence-corrected chi connectivity index (χ0v) is 15.2. The quantitative estimate of drug-likeness (QED) is 0.765. The molecule has 1 saturated heterocycles. The number of benzene rings is 2. The minimum absolute atomic E-state index is 0.301. The number of hydrogen-bond acceptors (Lipinski definition) is 6. The highest BCUT2D eigenvalue weighted by molar-refractivity contribution is 6.25. The van der Waals surface area contributed by atoms with Crippen LogP contribution in [0.1, 0.15) is 18.1 Å². The number of anilines is 1. The third-order valence-electron chi connectivity index (χ3n) is 4.96. The van der Waals surface area contributed by atoms with Gasteiger partial charge in [0, 0.05) is 0 Å². The Balaban J connectivity index is 1.55. The Bertz CT molecular complexity index is 892. The van der Waals surface area contributed by atoms with Crippen LogP contribution in [0.3, 0.4) is 0 Å². The van der Waals surface area contributed by atoms with Crippen LogP contribution in [0.25, 0.3) is 0 Å². The molecule has 0 N–H and O–H groups in total. The number of imide groups is 1. The number of nitrogens with zero attached hydrogens (tertiary/aromatic N) is 4.